The van der Waals surface area contributed by atoms with Gasteiger partial charge in [0.05, 0.1) is 24.1 Å². The number of rotatable bonds is 12. The summed E-state index contributed by atoms with van der Waals surface area (Å²) in [4.78, 5) is 67.4. The van der Waals surface area contributed by atoms with Crippen molar-refractivity contribution in [2.75, 3.05) is 52.1 Å². The molecule has 5 unspecified atom stereocenters. The number of methoxy groups -OCH3 is 1. The van der Waals surface area contributed by atoms with Gasteiger partial charge in [0.15, 0.2) is 34.5 Å². The van der Waals surface area contributed by atoms with Crippen LogP contribution in [-0.2, 0) is 34.0 Å². The fourth-order valence-electron chi connectivity index (χ4n) is 8.56. The third-order valence-corrected chi connectivity index (χ3v) is 11.1. The van der Waals surface area contributed by atoms with Gasteiger partial charge in [-0.3, -0.25) is 24.1 Å². The van der Waals surface area contributed by atoms with Crippen molar-refractivity contribution in [3.05, 3.63) is 94.2 Å². The third kappa shape index (κ3) is 7.21. The van der Waals surface area contributed by atoms with Gasteiger partial charge in [0.2, 0.25) is 11.7 Å². The van der Waals surface area contributed by atoms with Gasteiger partial charge in [-0.05, 0) is 69.9 Å². The quantitative estimate of drug-likeness (QED) is 0.184. The normalized spacial score (nSPS) is 22.6. The van der Waals surface area contributed by atoms with Gasteiger partial charge >= 0.3 is 0 Å². The van der Waals surface area contributed by atoms with Gasteiger partial charge in [0, 0.05) is 38.2 Å². The monoisotopic (exact) mass is 778 g/mol. The van der Waals surface area contributed by atoms with Gasteiger partial charge in [-0.15, -0.1) is 0 Å². The number of aromatic nitrogens is 2. The van der Waals surface area contributed by atoms with E-state index in [-0.39, 0.29) is 78.4 Å². The van der Waals surface area contributed by atoms with Crippen LogP contribution in [0.3, 0.4) is 0 Å². The summed E-state index contributed by atoms with van der Waals surface area (Å²) in [6, 6.07) is 18.2. The van der Waals surface area contributed by atoms with Crippen molar-refractivity contribution in [2.45, 2.75) is 64.0 Å². The second-order valence-electron chi connectivity index (χ2n) is 16.5. The lowest BCUT2D eigenvalue weighted by Crippen LogP contribution is -2.67. The van der Waals surface area contributed by atoms with Crippen LogP contribution >= 0.6 is 0 Å². The number of hydrogen-bond donors (Lipinski definition) is 2. The van der Waals surface area contributed by atoms with E-state index in [9.17, 15) is 9.59 Å². The molecule has 3 aliphatic rings. The third-order valence-electron chi connectivity index (χ3n) is 11.1. The van der Waals surface area contributed by atoms with Crippen LogP contribution in [0.1, 0.15) is 76.4 Å². The predicted octanol–water partition coefficient (Wildman–Crippen LogP) is 5.06. The van der Waals surface area contributed by atoms with Gasteiger partial charge in [0.1, 0.15) is 24.6 Å². The highest BCUT2D eigenvalue weighted by Crippen LogP contribution is 2.57. The molecule has 7 rings (SSSR count). The lowest BCUT2D eigenvalue weighted by molar-refractivity contribution is -0.159. The lowest BCUT2D eigenvalue weighted by Gasteiger charge is -2.52. The summed E-state index contributed by atoms with van der Waals surface area (Å²) in [5, 5.41) is 10.2. The van der Waals surface area contributed by atoms with E-state index in [1.807, 2.05) is 115 Å². The molecule has 2 aromatic heterocycles. The molecule has 2 aromatic carbocycles. The zero-order chi connectivity index (χ0) is 40.8. The molecular formula is C43H50N6O8. The molecule has 0 radical (unpaired) electrons. The van der Waals surface area contributed by atoms with Crippen LogP contribution in [0.4, 0.5) is 11.6 Å². The fraction of sp³-hybridized carbons (Fsp3) is 0.442. The molecule has 300 valence electrons. The highest BCUT2D eigenvalue weighted by atomic mass is 16.5. The molecule has 2 heterocycles. The first-order valence-electron chi connectivity index (χ1n) is 19.1. The Labute approximate surface area is 332 Å². The van der Waals surface area contributed by atoms with Crippen LogP contribution in [0, 0.1) is 17.8 Å². The number of pyridine rings is 1. The maximum absolute atomic E-state index is 15.3. The lowest BCUT2D eigenvalue weighted by atomic mass is 9.54. The van der Waals surface area contributed by atoms with Crippen LogP contribution in [0.25, 0.3) is 0 Å². The molecule has 2 N–H and O–H groups in total. The number of amides is 1. The second kappa shape index (κ2) is 15.5. The van der Waals surface area contributed by atoms with Gasteiger partial charge in [0.25, 0.3) is 5.88 Å². The van der Waals surface area contributed by atoms with Crippen molar-refractivity contribution >= 4 is 34.9 Å². The number of anilines is 2. The van der Waals surface area contributed by atoms with E-state index in [1.165, 1.54) is 7.11 Å². The maximum atomic E-state index is 15.3. The Hall–Kier alpha value is -5.44. The summed E-state index contributed by atoms with van der Waals surface area (Å²) in [6.07, 6.45) is 0.549. The number of carbonyl (C=O) groups is 4. The molecule has 3 aliphatic carbocycles. The zero-order valence-corrected chi connectivity index (χ0v) is 33.7. The summed E-state index contributed by atoms with van der Waals surface area (Å²) in [7, 11) is 8.63. The largest absolute Gasteiger partial charge is 0.484 e. The molecule has 1 fully saturated rings. The number of ether oxygens (including phenoxy) is 3. The summed E-state index contributed by atoms with van der Waals surface area (Å²) in [5.41, 5.74) is 0.0489. The maximum Gasteiger partial charge on any atom is 0.265 e. The first kappa shape index (κ1) is 39.8. The van der Waals surface area contributed by atoms with E-state index in [4.69, 9.17) is 23.7 Å². The highest BCUT2D eigenvalue weighted by molar-refractivity contribution is 6.27. The van der Waals surface area contributed by atoms with Gasteiger partial charge in [-0.2, -0.15) is 0 Å². The van der Waals surface area contributed by atoms with Crippen molar-refractivity contribution in [1.29, 1.82) is 0 Å². The molecule has 0 spiro atoms. The van der Waals surface area contributed by atoms with Crippen LogP contribution in [0.5, 0.6) is 11.6 Å². The van der Waals surface area contributed by atoms with E-state index >= 15 is 9.59 Å². The molecule has 0 saturated heterocycles. The molecule has 5 atom stereocenters. The molecule has 0 bridgehead atoms. The van der Waals surface area contributed by atoms with Crippen molar-refractivity contribution in [3.8, 4) is 11.6 Å². The molecule has 14 heteroatoms. The van der Waals surface area contributed by atoms with Gasteiger partial charge < -0.3 is 34.3 Å². The summed E-state index contributed by atoms with van der Waals surface area (Å²) in [6.45, 7) is 5.99. The molecule has 1 amide bonds. The Morgan fingerprint density at radius 3 is 2.14 bits per heavy atom. The van der Waals surface area contributed by atoms with E-state index in [0.29, 0.717) is 11.4 Å². The number of hydrogen-bond acceptors (Lipinski definition) is 13. The Kier molecular flexibility index (Phi) is 10.8. The summed E-state index contributed by atoms with van der Waals surface area (Å²) in [5.74, 6) is -3.90. The van der Waals surface area contributed by atoms with Crippen LogP contribution in [0.15, 0.2) is 65.2 Å². The molecule has 4 aromatic rings. The Morgan fingerprint density at radius 2 is 1.56 bits per heavy atom. The first-order valence-corrected chi connectivity index (χ1v) is 19.1. The number of benzene rings is 2. The smallest absolute Gasteiger partial charge is 0.265 e. The van der Waals surface area contributed by atoms with Crippen LogP contribution in [-0.4, -0.2) is 91.3 Å². The SMILES string of the molecule is COC12C(=O)c3c(OCc4ccccc4)noc3C(N(C)C)C1CC1Cc3c(N(C)C)nc(NC(=O)CNC(C)(C)C)c(OCc4ccccc4)c3C(=O)C1C2=O. The predicted molar refractivity (Wildman–Crippen MR) is 212 cm³/mol. The van der Waals surface area contributed by atoms with Crippen LogP contribution in [0.2, 0.25) is 0 Å². The molecule has 14 nitrogen and oxygen atoms in total. The second-order valence-corrected chi connectivity index (χ2v) is 16.5. The summed E-state index contributed by atoms with van der Waals surface area (Å²) < 4.78 is 24.5. The van der Waals surface area contributed by atoms with Crippen LogP contribution < -0.4 is 25.0 Å². The van der Waals surface area contributed by atoms with E-state index < -0.39 is 46.7 Å². The molecular weight excluding hydrogens is 729 g/mol. The minimum atomic E-state index is -2.05. The highest BCUT2D eigenvalue weighted by Gasteiger charge is 2.68. The topological polar surface area (TPSA) is 165 Å². The summed E-state index contributed by atoms with van der Waals surface area (Å²) >= 11 is 0. The Morgan fingerprint density at radius 1 is 0.930 bits per heavy atom. The molecule has 1 saturated carbocycles. The minimum absolute atomic E-state index is 0.0242. The zero-order valence-electron chi connectivity index (χ0n) is 33.7. The molecule has 57 heavy (non-hydrogen) atoms. The number of carbonyl (C=O) groups excluding carboxylic acids is 4. The average Bonchev–Trinajstić information content (AvgIpc) is 3.59. The first-order chi connectivity index (χ1) is 27.2. The van der Waals surface area contributed by atoms with Gasteiger partial charge in [-0.25, -0.2) is 4.98 Å². The van der Waals surface area contributed by atoms with E-state index in [2.05, 4.69) is 15.8 Å². The van der Waals surface area contributed by atoms with Crippen molar-refractivity contribution in [3.63, 3.8) is 0 Å². The number of Topliss-reactive ketones (excluding diaryl/α,β-unsaturated/α-hetero) is 3. The number of ketones is 3. The number of nitrogens with one attached hydrogen (secondary N) is 2. The number of fused-ring (bicyclic) bond motifs is 4. The number of nitrogens with zero attached hydrogens (tertiary/aromatic N) is 4. The van der Waals surface area contributed by atoms with E-state index in [0.717, 1.165) is 11.1 Å². The Balaban J connectivity index is 1.32. The van der Waals surface area contributed by atoms with Crippen molar-refractivity contribution < 1.29 is 37.9 Å². The standard InChI is InChI=1S/C43H50N6O8/c1-42(2,3)44-21-29(50)45-39-36(55-22-24-15-11-9-12-16-24)31-27(40(46-39)49(6)7)19-26-20-28-33(48(4)5)35-32(38(53)43(28,54-8)37(52)30(26)34(31)51)41(47-57-35)56-23-25-17-13-10-14-18-25/h9-18,26,28,30,33,44H,19-23H2,1-8H3,(H,45,46,50). The molecule has 0 aliphatic heterocycles. The minimum Gasteiger partial charge on any atom is -0.484 e. The van der Waals surface area contributed by atoms with E-state index in [1.54, 1.807) is 4.90 Å². The van der Waals surface area contributed by atoms with Gasteiger partial charge in [-0.1, -0.05) is 60.7 Å². The average molecular weight is 779 g/mol. The van der Waals surface area contributed by atoms with Crippen molar-refractivity contribution in [2.24, 2.45) is 17.8 Å². The fourth-order valence-corrected chi connectivity index (χ4v) is 8.56. The van der Waals surface area contributed by atoms with Crippen molar-refractivity contribution in [1.82, 2.24) is 20.4 Å². The Bertz CT molecular complexity index is 2180.